The largest absolute Gasteiger partial charge is 0.353 e. The summed E-state index contributed by atoms with van der Waals surface area (Å²) in [6.45, 7) is 4.43. The first-order valence-corrected chi connectivity index (χ1v) is 5.99. The molecular formula is C12H21NO. The number of amides is 1. The molecule has 0 aromatic heterocycles. The summed E-state index contributed by atoms with van der Waals surface area (Å²) in [4.78, 5) is 11.7. The van der Waals surface area contributed by atoms with E-state index in [1.165, 1.54) is 25.7 Å². The zero-order chi connectivity index (χ0) is 10.1. The summed E-state index contributed by atoms with van der Waals surface area (Å²) in [5.41, 5.74) is 0. The molecule has 0 saturated heterocycles. The third-order valence-corrected chi connectivity index (χ3v) is 3.89. The highest BCUT2D eigenvalue weighted by Crippen LogP contribution is 2.38. The van der Waals surface area contributed by atoms with Crippen molar-refractivity contribution < 1.29 is 4.79 Å². The Balaban J connectivity index is 1.80. The molecule has 0 spiro atoms. The molecule has 2 rings (SSSR count). The molecule has 1 N–H and O–H groups in total. The maximum Gasteiger partial charge on any atom is 0.223 e. The molecule has 0 aromatic carbocycles. The van der Waals surface area contributed by atoms with Crippen molar-refractivity contribution in [2.75, 3.05) is 0 Å². The van der Waals surface area contributed by atoms with Gasteiger partial charge in [0.2, 0.25) is 5.91 Å². The van der Waals surface area contributed by atoms with Gasteiger partial charge >= 0.3 is 0 Å². The van der Waals surface area contributed by atoms with Crippen LogP contribution in [-0.4, -0.2) is 11.9 Å². The fourth-order valence-corrected chi connectivity index (χ4v) is 2.51. The minimum absolute atomic E-state index is 0.316. The minimum atomic E-state index is 0.316. The summed E-state index contributed by atoms with van der Waals surface area (Å²) in [5, 5.41) is 3.22. The zero-order valence-electron chi connectivity index (χ0n) is 9.25. The van der Waals surface area contributed by atoms with E-state index in [2.05, 4.69) is 19.2 Å². The highest BCUT2D eigenvalue weighted by atomic mass is 16.2. The van der Waals surface area contributed by atoms with E-state index in [0.717, 1.165) is 6.42 Å². The quantitative estimate of drug-likeness (QED) is 0.720. The highest BCUT2D eigenvalue weighted by Gasteiger charge is 2.40. The van der Waals surface area contributed by atoms with Gasteiger partial charge < -0.3 is 5.32 Å². The van der Waals surface area contributed by atoms with Gasteiger partial charge in [-0.05, 0) is 31.1 Å². The Morgan fingerprint density at radius 3 is 2.36 bits per heavy atom. The predicted octanol–water partition coefficient (Wildman–Crippen LogP) is 2.34. The van der Waals surface area contributed by atoms with Crippen molar-refractivity contribution in [2.24, 2.45) is 17.8 Å². The van der Waals surface area contributed by atoms with Crippen molar-refractivity contribution in [2.45, 2.75) is 52.0 Å². The molecule has 1 amide bonds. The van der Waals surface area contributed by atoms with E-state index in [1.54, 1.807) is 0 Å². The predicted molar refractivity (Wildman–Crippen MR) is 56.8 cm³/mol. The van der Waals surface area contributed by atoms with Crippen LogP contribution in [-0.2, 0) is 4.79 Å². The van der Waals surface area contributed by atoms with Gasteiger partial charge in [0.25, 0.3) is 0 Å². The van der Waals surface area contributed by atoms with Crippen LogP contribution >= 0.6 is 0 Å². The van der Waals surface area contributed by atoms with E-state index in [1.807, 2.05) is 0 Å². The number of hydrogen-bond donors (Lipinski definition) is 1. The molecule has 0 radical (unpaired) electrons. The molecule has 0 unspecified atom stereocenters. The van der Waals surface area contributed by atoms with Gasteiger partial charge in [0, 0.05) is 12.0 Å². The molecule has 2 heteroatoms. The molecule has 0 bridgehead atoms. The monoisotopic (exact) mass is 195 g/mol. The summed E-state index contributed by atoms with van der Waals surface area (Å²) >= 11 is 0. The van der Waals surface area contributed by atoms with Crippen LogP contribution < -0.4 is 5.32 Å². The van der Waals surface area contributed by atoms with Crippen molar-refractivity contribution in [1.29, 1.82) is 0 Å². The second kappa shape index (κ2) is 3.92. The molecule has 2 aliphatic rings. The van der Waals surface area contributed by atoms with E-state index in [9.17, 15) is 4.79 Å². The summed E-state index contributed by atoms with van der Waals surface area (Å²) in [6, 6.07) is 0.462. The van der Waals surface area contributed by atoms with Gasteiger partial charge in [0.15, 0.2) is 0 Å². The lowest BCUT2D eigenvalue weighted by Gasteiger charge is -2.29. The van der Waals surface area contributed by atoms with E-state index < -0.39 is 0 Å². The molecule has 14 heavy (non-hydrogen) atoms. The smallest absolute Gasteiger partial charge is 0.223 e. The van der Waals surface area contributed by atoms with E-state index in [4.69, 9.17) is 0 Å². The van der Waals surface area contributed by atoms with Gasteiger partial charge in [-0.25, -0.2) is 0 Å². The SMILES string of the molecule is C[C@@H]1C[C@H]1C(=O)N[C@@H]1CCCC[C@@H]1C. The fourth-order valence-electron chi connectivity index (χ4n) is 2.51. The summed E-state index contributed by atoms with van der Waals surface area (Å²) in [7, 11) is 0. The van der Waals surface area contributed by atoms with Gasteiger partial charge in [-0.3, -0.25) is 4.79 Å². The van der Waals surface area contributed by atoms with Crippen LogP contribution in [0.25, 0.3) is 0 Å². The molecule has 0 aliphatic heterocycles. The summed E-state index contributed by atoms with van der Waals surface area (Å²) in [5.74, 6) is 1.97. The second-order valence-corrected chi connectivity index (χ2v) is 5.20. The van der Waals surface area contributed by atoms with Crippen molar-refractivity contribution in [3.63, 3.8) is 0 Å². The van der Waals surface area contributed by atoms with E-state index >= 15 is 0 Å². The molecule has 2 fully saturated rings. The zero-order valence-corrected chi connectivity index (χ0v) is 9.25. The number of carbonyl (C=O) groups excluding carboxylic acids is 1. The highest BCUT2D eigenvalue weighted by molar-refractivity contribution is 5.81. The molecule has 0 aromatic rings. The number of hydrogen-bond acceptors (Lipinski definition) is 1. The van der Waals surface area contributed by atoms with Crippen LogP contribution in [0.3, 0.4) is 0 Å². The third-order valence-electron chi connectivity index (χ3n) is 3.89. The average molecular weight is 195 g/mol. The van der Waals surface area contributed by atoms with Crippen LogP contribution in [0.4, 0.5) is 0 Å². The Morgan fingerprint density at radius 2 is 1.79 bits per heavy atom. The van der Waals surface area contributed by atoms with Gasteiger partial charge in [0.05, 0.1) is 0 Å². The minimum Gasteiger partial charge on any atom is -0.353 e. The number of nitrogens with one attached hydrogen (secondary N) is 1. The average Bonchev–Trinajstić information content (AvgIpc) is 2.87. The van der Waals surface area contributed by atoms with E-state index in [0.29, 0.717) is 29.7 Å². The lowest BCUT2D eigenvalue weighted by Crippen LogP contribution is -2.41. The Hall–Kier alpha value is -0.530. The van der Waals surface area contributed by atoms with Crippen molar-refractivity contribution in [3.05, 3.63) is 0 Å². The van der Waals surface area contributed by atoms with Crippen molar-refractivity contribution >= 4 is 5.91 Å². The molecule has 2 aliphatic carbocycles. The van der Waals surface area contributed by atoms with Crippen LogP contribution in [0.1, 0.15) is 46.0 Å². The summed E-state index contributed by atoms with van der Waals surface area (Å²) in [6.07, 6.45) is 6.20. The standard InChI is InChI=1S/C12H21NO/c1-8-5-3-4-6-11(8)13-12(14)10-7-9(10)2/h8-11H,3-7H2,1-2H3,(H,13,14)/t8-,9+,10+,11+/m0/s1. The summed E-state index contributed by atoms with van der Waals surface area (Å²) < 4.78 is 0. The third kappa shape index (κ3) is 2.10. The van der Waals surface area contributed by atoms with E-state index in [-0.39, 0.29) is 0 Å². The van der Waals surface area contributed by atoms with Crippen molar-refractivity contribution in [1.82, 2.24) is 5.32 Å². The Labute approximate surface area is 86.5 Å². The van der Waals surface area contributed by atoms with Crippen molar-refractivity contribution in [3.8, 4) is 0 Å². The topological polar surface area (TPSA) is 29.1 Å². The first-order valence-electron chi connectivity index (χ1n) is 5.99. The van der Waals surface area contributed by atoms with Gasteiger partial charge in [-0.1, -0.05) is 26.7 Å². The molecule has 0 heterocycles. The Morgan fingerprint density at radius 1 is 1.14 bits per heavy atom. The Bertz CT molecular complexity index is 226. The maximum atomic E-state index is 11.7. The fraction of sp³-hybridized carbons (Fsp3) is 0.917. The second-order valence-electron chi connectivity index (χ2n) is 5.20. The van der Waals surface area contributed by atoms with Gasteiger partial charge in [-0.2, -0.15) is 0 Å². The lowest BCUT2D eigenvalue weighted by atomic mass is 9.86. The molecular weight excluding hydrogens is 174 g/mol. The first kappa shape index (κ1) is 10.0. The first-order chi connectivity index (χ1) is 6.68. The van der Waals surface area contributed by atoms with Gasteiger partial charge in [0.1, 0.15) is 0 Å². The molecule has 2 nitrogen and oxygen atoms in total. The number of carbonyl (C=O) groups is 1. The van der Waals surface area contributed by atoms with Crippen LogP contribution in [0, 0.1) is 17.8 Å². The lowest BCUT2D eigenvalue weighted by molar-refractivity contribution is -0.123. The normalized spacial score (nSPS) is 41.9. The van der Waals surface area contributed by atoms with Crippen LogP contribution in [0.15, 0.2) is 0 Å². The molecule has 80 valence electrons. The van der Waals surface area contributed by atoms with Crippen LogP contribution in [0.2, 0.25) is 0 Å². The number of rotatable bonds is 2. The molecule has 4 atom stereocenters. The van der Waals surface area contributed by atoms with Gasteiger partial charge in [-0.15, -0.1) is 0 Å². The van der Waals surface area contributed by atoms with Crippen LogP contribution in [0.5, 0.6) is 0 Å². The Kier molecular flexibility index (Phi) is 2.80. The molecule has 2 saturated carbocycles. The maximum absolute atomic E-state index is 11.7.